The van der Waals surface area contributed by atoms with Gasteiger partial charge in [-0.2, -0.15) is 0 Å². The van der Waals surface area contributed by atoms with Crippen molar-refractivity contribution in [2.45, 2.75) is 38.0 Å². The van der Waals surface area contributed by atoms with Gasteiger partial charge in [0.2, 0.25) is 0 Å². The van der Waals surface area contributed by atoms with Gasteiger partial charge in [-0.3, -0.25) is 0 Å². The third kappa shape index (κ3) is 3.16. The zero-order chi connectivity index (χ0) is 11.4. The van der Waals surface area contributed by atoms with Gasteiger partial charge in [-0.1, -0.05) is 26.0 Å². The predicted molar refractivity (Wildman–Crippen MR) is 67.7 cm³/mol. The van der Waals surface area contributed by atoms with Crippen LogP contribution in [0.5, 0.6) is 5.75 Å². The molecule has 0 amide bonds. The normalized spacial score (nSPS) is 20.3. The minimum atomic E-state index is 0.211. The molecule has 2 rings (SSSR count). The van der Waals surface area contributed by atoms with Crippen molar-refractivity contribution < 1.29 is 8.92 Å². The van der Waals surface area contributed by atoms with Crippen molar-refractivity contribution in [2.24, 2.45) is 0 Å². The molecule has 3 heteroatoms. The predicted octanol–water partition coefficient (Wildman–Crippen LogP) is 3.97. The third-order valence-corrected chi connectivity index (χ3v) is 3.54. The lowest BCUT2D eigenvalue weighted by atomic mass is 10.0. The van der Waals surface area contributed by atoms with Gasteiger partial charge in [-0.05, 0) is 36.5 Å². The summed E-state index contributed by atoms with van der Waals surface area (Å²) in [5.74, 6) is 1.46. The molecule has 1 unspecified atom stereocenters. The maximum absolute atomic E-state index is 5.67. The maximum Gasteiger partial charge on any atom is 0.140 e. The van der Waals surface area contributed by atoms with Crippen LogP contribution in [0.25, 0.3) is 0 Å². The van der Waals surface area contributed by atoms with Crippen LogP contribution in [0.3, 0.4) is 0 Å². The molecule has 1 aliphatic rings. The van der Waals surface area contributed by atoms with E-state index in [2.05, 4.69) is 26.0 Å². The smallest absolute Gasteiger partial charge is 0.140 e. The van der Waals surface area contributed by atoms with E-state index in [1.807, 2.05) is 12.1 Å². The zero-order valence-electron chi connectivity index (χ0n) is 9.81. The van der Waals surface area contributed by atoms with E-state index in [0.29, 0.717) is 5.92 Å². The van der Waals surface area contributed by atoms with Crippen molar-refractivity contribution in [2.75, 3.05) is 6.61 Å². The first kappa shape index (κ1) is 11.8. The Labute approximate surface area is 102 Å². The lowest BCUT2D eigenvalue weighted by Crippen LogP contribution is -2.01. The first-order valence-electron chi connectivity index (χ1n) is 5.80. The molecule has 0 spiro atoms. The van der Waals surface area contributed by atoms with E-state index >= 15 is 0 Å². The standard InChI is InChI=1S/C13H18O2S/c1-10(2)11-5-3-6-12(9-11)15-16-13-7-4-8-14-13/h3,5-6,9-10,13H,4,7-8H2,1-2H3. The van der Waals surface area contributed by atoms with Crippen molar-refractivity contribution >= 4 is 12.0 Å². The Kier molecular flexibility index (Phi) is 4.13. The van der Waals surface area contributed by atoms with E-state index in [4.69, 9.17) is 8.92 Å². The van der Waals surface area contributed by atoms with Crippen LogP contribution in [0.15, 0.2) is 24.3 Å². The minimum absolute atomic E-state index is 0.211. The lowest BCUT2D eigenvalue weighted by Gasteiger charge is -2.11. The molecule has 0 aromatic heterocycles. The fourth-order valence-electron chi connectivity index (χ4n) is 1.66. The van der Waals surface area contributed by atoms with E-state index in [1.165, 1.54) is 17.6 Å². The molecule has 1 aromatic rings. The van der Waals surface area contributed by atoms with Gasteiger partial charge in [0.05, 0.1) is 12.0 Å². The van der Waals surface area contributed by atoms with Crippen LogP contribution in [-0.4, -0.2) is 12.0 Å². The highest BCUT2D eigenvalue weighted by Crippen LogP contribution is 2.28. The number of hydrogen-bond acceptors (Lipinski definition) is 3. The average molecular weight is 238 g/mol. The second kappa shape index (κ2) is 5.60. The summed E-state index contributed by atoms with van der Waals surface area (Å²) in [5.41, 5.74) is 1.52. The zero-order valence-corrected chi connectivity index (χ0v) is 10.6. The monoisotopic (exact) mass is 238 g/mol. The second-order valence-electron chi connectivity index (χ2n) is 4.35. The van der Waals surface area contributed by atoms with E-state index in [0.717, 1.165) is 25.2 Å². The quantitative estimate of drug-likeness (QED) is 0.739. The molecular weight excluding hydrogens is 220 g/mol. The summed E-state index contributed by atoms with van der Waals surface area (Å²) in [6.45, 7) is 5.24. The Morgan fingerprint density at radius 3 is 3.00 bits per heavy atom. The highest BCUT2D eigenvalue weighted by molar-refractivity contribution is 7.95. The van der Waals surface area contributed by atoms with Crippen LogP contribution < -0.4 is 4.18 Å². The van der Waals surface area contributed by atoms with Crippen LogP contribution in [0.2, 0.25) is 0 Å². The second-order valence-corrected chi connectivity index (χ2v) is 5.23. The maximum atomic E-state index is 5.67. The van der Waals surface area contributed by atoms with Gasteiger partial charge < -0.3 is 8.92 Å². The molecule has 1 aliphatic heterocycles. The van der Waals surface area contributed by atoms with Crippen LogP contribution in [0.1, 0.15) is 38.2 Å². The molecule has 1 aromatic carbocycles. The summed E-state index contributed by atoms with van der Waals surface area (Å²) in [5, 5.41) is 0. The van der Waals surface area contributed by atoms with Crippen molar-refractivity contribution in [3.05, 3.63) is 29.8 Å². The Morgan fingerprint density at radius 1 is 1.44 bits per heavy atom. The molecule has 1 saturated heterocycles. The Morgan fingerprint density at radius 2 is 2.31 bits per heavy atom. The molecule has 88 valence electrons. The van der Waals surface area contributed by atoms with Gasteiger partial charge in [0.25, 0.3) is 0 Å². The fourth-order valence-corrected chi connectivity index (χ4v) is 2.40. The number of benzene rings is 1. The molecular formula is C13H18O2S. The molecule has 0 N–H and O–H groups in total. The van der Waals surface area contributed by atoms with Gasteiger partial charge in [0, 0.05) is 6.61 Å². The van der Waals surface area contributed by atoms with Crippen molar-refractivity contribution in [3.8, 4) is 5.75 Å². The van der Waals surface area contributed by atoms with Crippen LogP contribution >= 0.6 is 12.0 Å². The summed E-state index contributed by atoms with van der Waals surface area (Å²) in [4.78, 5) is 0. The molecule has 0 saturated carbocycles. The molecule has 0 bridgehead atoms. The summed E-state index contributed by atoms with van der Waals surface area (Å²) in [6, 6.07) is 8.27. The highest BCUT2D eigenvalue weighted by Gasteiger charge is 2.17. The molecule has 1 atom stereocenters. The van der Waals surface area contributed by atoms with E-state index < -0.39 is 0 Å². The first-order chi connectivity index (χ1) is 7.75. The summed E-state index contributed by atoms with van der Waals surface area (Å²) in [7, 11) is 0. The van der Waals surface area contributed by atoms with Gasteiger partial charge in [-0.15, -0.1) is 0 Å². The largest absolute Gasteiger partial charge is 0.423 e. The summed E-state index contributed by atoms with van der Waals surface area (Å²) >= 11 is 1.44. The lowest BCUT2D eigenvalue weighted by molar-refractivity contribution is 0.170. The van der Waals surface area contributed by atoms with Crippen molar-refractivity contribution in [1.29, 1.82) is 0 Å². The molecule has 2 nitrogen and oxygen atoms in total. The topological polar surface area (TPSA) is 18.5 Å². The molecule has 1 heterocycles. The van der Waals surface area contributed by atoms with E-state index in [-0.39, 0.29) is 5.44 Å². The Balaban J connectivity index is 1.90. The van der Waals surface area contributed by atoms with Gasteiger partial charge in [0.1, 0.15) is 11.2 Å². The molecule has 0 radical (unpaired) electrons. The van der Waals surface area contributed by atoms with Crippen molar-refractivity contribution in [3.63, 3.8) is 0 Å². The summed E-state index contributed by atoms with van der Waals surface area (Å²) in [6.07, 6.45) is 2.24. The minimum Gasteiger partial charge on any atom is -0.423 e. The fraction of sp³-hybridized carbons (Fsp3) is 0.538. The average Bonchev–Trinajstić information content (AvgIpc) is 2.79. The Hall–Kier alpha value is -0.670. The Bertz CT molecular complexity index is 332. The molecule has 0 aliphatic carbocycles. The first-order valence-corrected chi connectivity index (χ1v) is 6.61. The van der Waals surface area contributed by atoms with Crippen LogP contribution in [0, 0.1) is 0 Å². The van der Waals surface area contributed by atoms with E-state index in [1.54, 1.807) is 0 Å². The number of hydrogen-bond donors (Lipinski definition) is 0. The van der Waals surface area contributed by atoms with Crippen molar-refractivity contribution in [1.82, 2.24) is 0 Å². The number of rotatable bonds is 4. The van der Waals surface area contributed by atoms with Crippen LogP contribution in [0.4, 0.5) is 0 Å². The van der Waals surface area contributed by atoms with Gasteiger partial charge >= 0.3 is 0 Å². The highest BCUT2D eigenvalue weighted by atomic mass is 32.2. The van der Waals surface area contributed by atoms with E-state index in [9.17, 15) is 0 Å². The SMILES string of the molecule is CC(C)c1cccc(OSC2CCCO2)c1. The molecule has 1 fully saturated rings. The van der Waals surface area contributed by atoms with Crippen LogP contribution in [-0.2, 0) is 4.74 Å². The third-order valence-electron chi connectivity index (χ3n) is 2.66. The number of ether oxygens (including phenoxy) is 1. The molecule has 16 heavy (non-hydrogen) atoms. The van der Waals surface area contributed by atoms with Gasteiger partial charge in [0.15, 0.2) is 0 Å². The summed E-state index contributed by atoms with van der Waals surface area (Å²) < 4.78 is 11.2. The van der Waals surface area contributed by atoms with Gasteiger partial charge in [-0.25, -0.2) is 0 Å².